The smallest absolute Gasteiger partial charge is 0.331 e. The van der Waals surface area contributed by atoms with E-state index in [2.05, 4.69) is 5.32 Å². The van der Waals surface area contributed by atoms with Crippen molar-refractivity contribution < 1.29 is 24.2 Å². The molecule has 7 nitrogen and oxygen atoms in total. The fourth-order valence-electron chi connectivity index (χ4n) is 3.28. The van der Waals surface area contributed by atoms with E-state index in [1.807, 2.05) is 0 Å². The van der Waals surface area contributed by atoms with E-state index >= 15 is 0 Å². The van der Waals surface area contributed by atoms with E-state index in [4.69, 9.17) is 21.4 Å². The Labute approximate surface area is 176 Å². The molecule has 1 amide bonds. The topological polar surface area (TPSA) is 95.9 Å². The number of benzene rings is 1. The third-order valence-corrected chi connectivity index (χ3v) is 5.01. The lowest BCUT2D eigenvalue weighted by Crippen LogP contribution is -2.43. The Bertz CT molecular complexity index is 710. The Morgan fingerprint density at radius 1 is 1.07 bits per heavy atom. The molecular formula is C21H29ClN2O5. The molecule has 0 bridgehead atoms. The number of hydrogen-bond acceptors (Lipinski definition) is 5. The summed E-state index contributed by atoms with van der Waals surface area (Å²) < 4.78 is 5.18. The first-order valence-electron chi connectivity index (χ1n) is 10.2. The summed E-state index contributed by atoms with van der Waals surface area (Å²) in [6, 6.07) is 4.97. The van der Waals surface area contributed by atoms with Gasteiger partial charge in [-0.2, -0.15) is 0 Å². The molecule has 0 aromatic heterocycles. The quantitative estimate of drug-likeness (QED) is 0.284. The number of nitrogens with zero attached hydrogens (tertiary/aromatic N) is 1. The van der Waals surface area contributed by atoms with Gasteiger partial charge in [0, 0.05) is 18.0 Å². The number of carbonyl (C=O) groups excluding carboxylic acids is 2. The molecule has 0 saturated carbocycles. The Balaban J connectivity index is 1.56. The summed E-state index contributed by atoms with van der Waals surface area (Å²) in [7, 11) is 0. The Morgan fingerprint density at radius 3 is 2.41 bits per heavy atom. The first-order chi connectivity index (χ1) is 14.0. The molecule has 2 rings (SSSR count). The standard InChI is InChI=1S/C21H29ClN2O5/c22-16-10-11-18-17(13-16)24(15-21(28)29-18)14-19(25)23-12-8-6-4-2-1-3-5-7-9-20(26)27/h10-11,13H,1-9,12,14-15H2,(H,23,25)(H,26,27). The maximum atomic E-state index is 12.2. The summed E-state index contributed by atoms with van der Waals surface area (Å²) in [5.41, 5.74) is 0.649. The second-order valence-corrected chi connectivity index (χ2v) is 7.70. The number of carboxylic acids is 1. The van der Waals surface area contributed by atoms with Crippen molar-refractivity contribution in [2.24, 2.45) is 0 Å². The molecule has 0 aliphatic carbocycles. The van der Waals surface area contributed by atoms with E-state index in [0.717, 1.165) is 51.4 Å². The Hall–Kier alpha value is -2.28. The lowest BCUT2D eigenvalue weighted by Gasteiger charge is -2.29. The number of ether oxygens (including phenoxy) is 1. The molecule has 8 heteroatoms. The van der Waals surface area contributed by atoms with Crippen molar-refractivity contribution in [3.05, 3.63) is 23.2 Å². The van der Waals surface area contributed by atoms with Gasteiger partial charge >= 0.3 is 11.9 Å². The molecule has 1 aliphatic heterocycles. The molecule has 0 atom stereocenters. The van der Waals surface area contributed by atoms with Crippen LogP contribution in [0.3, 0.4) is 0 Å². The molecule has 1 heterocycles. The summed E-state index contributed by atoms with van der Waals surface area (Å²) >= 11 is 6.02. The van der Waals surface area contributed by atoms with Crippen molar-refractivity contribution >= 4 is 35.1 Å². The summed E-state index contributed by atoms with van der Waals surface area (Å²) in [5.74, 6) is -0.832. The first kappa shape index (κ1) is 23.0. The van der Waals surface area contributed by atoms with Gasteiger partial charge in [0.15, 0.2) is 5.75 Å². The zero-order valence-corrected chi connectivity index (χ0v) is 17.4. The number of anilines is 1. The Morgan fingerprint density at radius 2 is 1.72 bits per heavy atom. The molecule has 1 aromatic rings. The van der Waals surface area contributed by atoms with Gasteiger partial charge in [0.1, 0.15) is 6.54 Å². The zero-order chi connectivity index (χ0) is 21.1. The van der Waals surface area contributed by atoms with Gasteiger partial charge in [-0.15, -0.1) is 0 Å². The van der Waals surface area contributed by atoms with Gasteiger partial charge in [-0.3, -0.25) is 9.59 Å². The van der Waals surface area contributed by atoms with E-state index in [9.17, 15) is 14.4 Å². The lowest BCUT2D eigenvalue weighted by atomic mass is 10.1. The molecule has 1 aromatic carbocycles. The highest BCUT2D eigenvalue weighted by molar-refractivity contribution is 6.31. The minimum Gasteiger partial charge on any atom is -0.481 e. The van der Waals surface area contributed by atoms with Crippen molar-refractivity contribution in [2.75, 3.05) is 24.5 Å². The number of rotatable bonds is 13. The van der Waals surface area contributed by atoms with Crippen LogP contribution in [0.2, 0.25) is 5.02 Å². The minimum atomic E-state index is -0.722. The molecule has 0 fully saturated rings. The monoisotopic (exact) mass is 424 g/mol. The Kier molecular flexibility index (Phi) is 9.77. The number of carbonyl (C=O) groups is 3. The van der Waals surface area contributed by atoms with E-state index in [-0.39, 0.29) is 25.4 Å². The summed E-state index contributed by atoms with van der Waals surface area (Å²) in [6.07, 6.45) is 8.39. The molecule has 0 unspecified atom stereocenters. The number of aliphatic carboxylic acids is 1. The fraction of sp³-hybridized carbons (Fsp3) is 0.571. The predicted molar refractivity (Wildman–Crippen MR) is 111 cm³/mol. The van der Waals surface area contributed by atoms with E-state index in [0.29, 0.717) is 23.0 Å². The van der Waals surface area contributed by atoms with Crippen LogP contribution in [0.4, 0.5) is 5.69 Å². The van der Waals surface area contributed by atoms with Crippen LogP contribution < -0.4 is 15.0 Å². The average Bonchev–Trinajstić information content (AvgIpc) is 2.66. The molecule has 160 valence electrons. The third kappa shape index (κ3) is 8.73. The summed E-state index contributed by atoms with van der Waals surface area (Å²) in [6.45, 7) is 0.712. The molecule has 0 saturated heterocycles. The van der Waals surface area contributed by atoms with Crippen LogP contribution in [0.1, 0.15) is 57.8 Å². The summed E-state index contributed by atoms with van der Waals surface area (Å²) in [4.78, 5) is 36.0. The number of esters is 1. The highest BCUT2D eigenvalue weighted by Crippen LogP contribution is 2.34. The highest BCUT2D eigenvalue weighted by Gasteiger charge is 2.25. The average molecular weight is 425 g/mol. The van der Waals surface area contributed by atoms with Gasteiger partial charge in [-0.25, -0.2) is 4.79 Å². The number of unbranched alkanes of at least 4 members (excludes halogenated alkanes) is 7. The normalized spacial score (nSPS) is 13.0. The van der Waals surface area contributed by atoms with E-state index < -0.39 is 11.9 Å². The van der Waals surface area contributed by atoms with Crippen LogP contribution in [-0.2, 0) is 14.4 Å². The molecule has 0 spiro atoms. The molecule has 0 radical (unpaired) electrons. The number of hydrogen-bond donors (Lipinski definition) is 2. The van der Waals surface area contributed by atoms with Gasteiger partial charge in [-0.1, -0.05) is 50.1 Å². The SMILES string of the molecule is O=C(O)CCCCCCCCCCNC(=O)CN1CC(=O)Oc2ccc(Cl)cc21. The maximum Gasteiger partial charge on any atom is 0.331 e. The number of nitrogens with one attached hydrogen (secondary N) is 1. The van der Waals surface area contributed by atoms with Gasteiger partial charge in [0.05, 0.1) is 12.2 Å². The number of carboxylic acid groups (broad SMARTS) is 1. The second-order valence-electron chi connectivity index (χ2n) is 7.26. The van der Waals surface area contributed by atoms with Crippen LogP contribution in [0.15, 0.2) is 18.2 Å². The van der Waals surface area contributed by atoms with Crippen molar-refractivity contribution in [1.82, 2.24) is 5.32 Å². The number of halogens is 1. The molecule has 1 aliphatic rings. The first-order valence-corrected chi connectivity index (χ1v) is 10.6. The predicted octanol–water partition coefficient (Wildman–Crippen LogP) is 3.78. The van der Waals surface area contributed by atoms with Gasteiger partial charge < -0.3 is 20.1 Å². The zero-order valence-electron chi connectivity index (χ0n) is 16.6. The van der Waals surface area contributed by atoms with Gasteiger partial charge in [-0.05, 0) is 31.0 Å². The van der Waals surface area contributed by atoms with Gasteiger partial charge in [0.2, 0.25) is 5.91 Å². The van der Waals surface area contributed by atoms with E-state index in [1.54, 1.807) is 23.1 Å². The molecular weight excluding hydrogens is 396 g/mol. The molecule has 2 N–H and O–H groups in total. The lowest BCUT2D eigenvalue weighted by molar-refractivity contribution is -0.137. The van der Waals surface area contributed by atoms with Crippen molar-refractivity contribution in [3.8, 4) is 5.75 Å². The van der Waals surface area contributed by atoms with Gasteiger partial charge in [0.25, 0.3) is 0 Å². The number of fused-ring (bicyclic) bond motifs is 1. The van der Waals surface area contributed by atoms with Crippen molar-refractivity contribution in [1.29, 1.82) is 0 Å². The third-order valence-electron chi connectivity index (χ3n) is 4.78. The van der Waals surface area contributed by atoms with Crippen LogP contribution in [-0.4, -0.2) is 42.6 Å². The fourth-order valence-corrected chi connectivity index (χ4v) is 3.45. The van der Waals surface area contributed by atoms with Crippen molar-refractivity contribution in [3.63, 3.8) is 0 Å². The second kappa shape index (κ2) is 12.3. The largest absolute Gasteiger partial charge is 0.481 e. The van der Waals surface area contributed by atoms with E-state index in [1.165, 1.54) is 0 Å². The minimum absolute atomic E-state index is 0.0211. The van der Waals surface area contributed by atoms with Crippen LogP contribution in [0, 0.1) is 0 Å². The maximum absolute atomic E-state index is 12.2. The summed E-state index contributed by atoms with van der Waals surface area (Å²) in [5, 5.41) is 12.0. The van der Waals surface area contributed by atoms with Crippen LogP contribution >= 0.6 is 11.6 Å². The number of amides is 1. The van der Waals surface area contributed by atoms with Crippen LogP contribution in [0.5, 0.6) is 5.75 Å². The van der Waals surface area contributed by atoms with Crippen LogP contribution in [0.25, 0.3) is 0 Å². The van der Waals surface area contributed by atoms with Crippen molar-refractivity contribution in [2.45, 2.75) is 57.8 Å². The highest BCUT2D eigenvalue weighted by atomic mass is 35.5. The molecule has 29 heavy (non-hydrogen) atoms.